The number of hydrogen-bond acceptors (Lipinski definition) is 0. The van der Waals surface area contributed by atoms with Gasteiger partial charge in [0.05, 0.1) is 0 Å². The normalized spacial score (nSPS) is 28.7. The lowest BCUT2D eigenvalue weighted by atomic mass is 10.0. The molecule has 0 aromatic heterocycles. The highest BCUT2D eigenvalue weighted by molar-refractivity contribution is 4.86. The maximum absolute atomic E-state index is 2.38. The molecule has 0 fully saturated rings. The second-order valence-corrected chi connectivity index (χ2v) is 3.40. The molecule has 1 rings (SSSR count). The first kappa shape index (κ1) is 7.84. The van der Waals surface area contributed by atoms with Crippen LogP contribution in [0.4, 0.5) is 0 Å². The number of rotatable bonds is 0. The molecule has 1 atom stereocenters. The first-order chi connectivity index (χ1) is 4.89. The minimum Gasteiger partial charge on any atom is -0.0883 e. The predicted molar refractivity (Wildman–Crippen MR) is 46.0 cm³/mol. The van der Waals surface area contributed by atoms with E-state index in [0.717, 1.165) is 5.92 Å². The highest BCUT2D eigenvalue weighted by atomic mass is 14.0. The van der Waals surface area contributed by atoms with Crippen LogP contribution in [0.2, 0.25) is 0 Å². The molecule has 1 aliphatic rings. The second kappa shape index (κ2) is 4.54. The van der Waals surface area contributed by atoms with E-state index in [1.165, 1.54) is 38.5 Å². The van der Waals surface area contributed by atoms with Crippen molar-refractivity contribution in [1.29, 1.82) is 0 Å². The molecule has 0 N–H and O–H groups in total. The fourth-order valence-corrected chi connectivity index (χ4v) is 1.51. The number of allylic oxidation sites excluding steroid dienone is 2. The molecule has 0 amide bonds. The molecule has 0 aromatic rings. The van der Waals surface area contributed by atoms with E-state index in [9.17, 15) is 0 Å². The van der Waals surface area contributed by atoms with Gasteiger partial charge in [-0.1, -0.05) is 38.3 Å². The minimum absolute atomic E-state index is 0.832. The van der Waals surface area contributed by atoms with E-state index >= 15 is 0 Å². The lowest BCUT2D eigenvalue weighted by molar-refractivity contribution is 0.566. The van der Waals surface area contributed by atoms with Crippen LogP contribution in [0.3, 0.4) is 0 Å². The van der Waals surface area contributed by atoms with E-state index in [0.29, 0.717) is 0 Å². The van der Waals surface area contributed by atoms with Crippen molar-refractivity contribution in [3.05, 3.63) is 12.2 Å². The Hall–Kier alpha value is -0.260. The Morgan fingerprint density at radius 2 is 1.90 bits per heavy atom. The average molecular weight is 138 g/mol. The summed E-state index contributed by atoms with van der Waals surface area (Å²) < 4.78 is 0. The van der Waals surface area contributed by atoms with Gasteiger partial charge in [-0.2, -0.15) is 0 Å². The van der Waals surface area contributed by atoms with Crippen molar-refractivity contribution in [2.75, 3.05) is 0 Å². The molecule has 0 heteroatoms. The van der Waals surface area contributed by atoms with Crippen LogP contribution < -0.4 is 0 Å². The van der Waals surface area contributed by atoms with Gasteiger partial charge in [-0.15, -0.1) is 0 Å². The van der Waals surface area contributed by atoms with Gasteiger partial charge in [0.1, 0.15) is 0 Å². The van der Waals surface area contributed by atoms with Gasteiger partial charge in [-0.05, 0) is 25.2 Å². The summed E-state index contributed by atoms with van der Waals surface area (Å²) in [5, 5.41) is 0. The third-order valence-corrected chi connectivity index (χ3v) is 2.24. The van der Waals surface area contributed by atoms with Crippen LogP contribution >= 0.6 is 0 Å². The molecule has 0 saturated heterocycles. The molecule has 0 nitrogen and oxygen atoms in total. The summed E-state index contributed by atoms with van der Waals surface area (Å²) in [7, 11) is 0. The SMILES string of the molecule is CC1C=CCCCCCC1. The Bertz CT molecular complexity index is 103. The third kappa shape index (κ3) is 3.05. The zero-order valence-corrected chi connectivity index (χ0v) is 6.97. The fraction of sp³-hybridized carbons (Fsp3) is 0.800. The smallest absolute Gasteiger partial charge is 0.0262 e. The van der Waals surface area contributed by atoms with Gasteiger partial charge in [0.25, 0.3) is 0 Å². The van der Waals surface area contributed by atoms with E-state index in [1.54, 1.807) is 0 Å². The van der Waals surface area contributed by atoms with Crippen molar-refractivity contribution in [3.63, 3.8) is 0 Å². The molecule has 0 bridgehead atoms. The Morgan fingerprint density at radius 1 is 1.10 bits per heavy atom. The van der Waals surface area contributed by atoms with Crippen LogP contribution in [0.15, 0.2) is 12.2 Å². The third-order valence-electron chi connectivity index (χ3n) is 2.24. The van der Waals surface area contributed by atoms with Gasteiger partial charge < -0.3 is 0 Å². The van der Waals surface area contributed by atoms with E-state index < -0.39 is 0 Å². The molecule has 0 saturated carbocycles. The molecule has 0 aromatic carbocycles. The fourth-order valence-electron chi connectivity index (χ4n) is 1.51. The summed E-state index contributed by atoms with van der Waals surface area (Å²) in [6.45, 7) is 2.32. The van der Waals surface area contributed by atoms with Crippen molar-refractivity contribution in [2.45, 2.75) is 45.4 Å². The van der Waals surface area contributed by atoms with Gasteiger partial charge >= 0.3 is 0 Å². The highest BCUT2D eigenvalue weighted by Crippen LogP contribution is 2.15. The Kier molecular flexibility index (Phi) is 3.56. The zero-order valence-electron chi connectivity index (χ0n) is 6.97. The molecule has 1 unspecified atom stereocenters. The summed E-state index contributed by atoms with van der Waals surface area (Å²) in [5.74, 6) is 0.832. The van der Waals surface area contributed by atoms with E-state index in [4.69, 9.17) is 0 Å². The monoisotopic (exact) mass is 138 g/mol. The lowest BCUT2D eigenvalue weighted by Crippen LogP contribution is -1.87. The van der Waals surface area contributed by atoms with Crippen LogP contribution in [0.5, 0.6) is 0 Å². The molecule has 10 heavy (non-hydrogen) atoms. The molecular formula is C10H18. The molecule has 58 valence electrons. The maximum atomic E-state index is 2.38. The summed E-state index contributed by atoms with van der Waals surface area (Å²) in [6.07, 6.45) is 13.2. The van der Waals surface area contributed by atoms with Crippen molar-refractivity contribution in [2.24, 2.45) is 5.92 Å². The second-order valence-electron chi connectivity index (χ2n) is 3.40. The summed E-state index contributed by atoms with van der Waals surface area (Å²) >= 11 is 0. The Labute approximate surface area is 64.3 Å². The van der Waals surface area contributed by atoms with Gasteiger partial charge in [-0.3, -0.25) is 0 Å². The average Bonchev–Trinajstić information content (AvgIpc) is 2.02. The summed E-state index contributed by atoms with van der Waals surface area (Å²) in [4.78, 5) is 0. The standard InChI is InChI=1S/C10H18/c1-10-8-6-4-2-3-5-7-9-10/h6,8,10H,2-5,7,9H2,1H3. The van der Waals surface area contributed by atoms with Crippen molar-refractivity contribution in [3.8, 4) is 0 Å². The molecule has 0 spiro atoms. The Morgan fingerprint density at radius 3 is 2.80 bits per heavy atom. The van der Waals surface area contributed by atoms with E-state index in [1.807, 2.05) is 0 Å². The van der Waals surface area contributed by atoms with Gasteiger partial charge in [0, 0.05) is 0 Å². The van der Waals surface area contributed by atoms with Gasteiger partial charge in [-0.25, -0.2) is 0 Å². The topological polar surface area (TPSA) is 0 Å². The number of hydrogen-bond donors (Lipinski definition) is 0. The summed E-state index contributed by atoms with van der Waals surface area (Å²) in [6, 6.07) is 0. The quantitative estimate of drug-likeness (QED) is 0.449. The van der Waals surface area contributed by atoms with Crippen molar-refractivity contribution < 1.29 is 0 Å². The lowest BCUT2D eigenvalue weighted by Gasteiger charge is -2.02. The molecule has 0 radical (unpaired) electrons. The van der Waals surface area contributed by atoms with Gasteiger partial charge in [0.15, 0.2) is 0 Å². The van der Waals surface area contributed by atoms with Crippen LogP contribution in [0.1, 0.15) is 45.4 Å². The molecular weight excluding hydrogens is 120 g/mol. The predicted octanol–water partition coefficient (Wildman–Crippen LogP) is 3.53. The molecule has 0 aliphatic heterocycles. The zero-order chi connectivity index (χ0) is 7.23. The van der Waals surface area contributed by atoms with Crippen LogP contribution in [0, 0.1) is 5.92 Å². The molecule has 1 aliphatic carbocycles. The van der Waals surface area contributed by atoms with Crippen molar-refractivity contribution in [1.82, 2.24) is 0 Å². The Balaban J connectivity index is 2.28. The van der Waals surface area contributed by atoms with Gasteiger partial charge in [0.2, 0.25) is 0 Å². The first-order valence-electron chi connectivity index (χ1n) is 4.56. The summed E-state index contributed by atoms with van der Waals surface area (Å²) in [5.41, 5.74) is 0. The van der Waals surface area contributed by atoms with E-state index in [2.05, 4.69) is 19.1 Å². The largest absolute Gasteiger partial charge is 0.0883 e. The van der Waals surface area contributed by atoms with Crippen LogP contribution in [-0.4, -0.2) is 0 Å². The van der Waals surface area contributed by atoms with Crippen LogP contribution in [0.25, 0.3) is 0 Å². The van der Waals surface area contributed by atoms with E-state index in [-0.39, 0.29) is 0 Å². The van der Waals surface area contributed by atoms with Crippen molar-refractivity contribution >= 4 is 0 Å². The maximum Gasteiger partial charge on any atom is -0.0262 e. The van der Waals surface area contributed by atoms with Crippen LogP contribution in [-0.2, 0) is 0 Å². The molecule has 0 heterocycles. The highest BCUT2D eigenvalue weighted by Gasteiger charge is 1.98. The first-order valence-corrected chi connectivity index (χ1v) is 4.56. The minimum atomic E-state index is 0.832.